The highest BCUT2D eigenvalue weighted by atomic mass is 16.5. The largest absolute Gasteiger partial charge is 0.489 e. The van der Waals surface area contributed by atoms with Gasteiger partial charge in [0.1, 0.15) is 30.9 Å². The standard InChI is InChI=1S/C31H29N3O5/c35-28-14-13-26(30(36)32-28)34-19-25-24(31(34)37)7-4-8-27(25)39-20-21-9-11-23(12-10-21)29(22-5-2-1-3-6-22)33-15-17-38-18-16-33/h1-2,4-5,7-12,15-18,26,29H,3,6,13-14,19-20H2,(H,32,35,36). The first kappa shape index (κ1) is 24.7. The summed E-state index contributed by atoms with van der Waals surface area (Å²) in [7, 11) is 0. The molecular weight excluding hydrogens is 494 g/mol. The molecule has 1 saturated heterocycles. The zero-order valence-corrected chi connectivity index (χ0v) is 21.4. The number of nitrogens with zero attached hydrogens (tertiary/aromatic N) is 2. The van der Waals surface area contributed by atoms with E-state index in [1.54, 1.807) is 24.7 Å². The lowest BCUT2D eigenvalue weighted by molar-refractivity contribution is -0.136. The molecule has 198 valence electrons. The molecule has 0 radical (unpaired) electrons. The lowest BCUT2D eigenvalue weighted by Gasteiger charge is -2.32. The molecule has 1 N–H and O–H groups in total. The average Bonchev–Trinajstić information content (AvgIpc) is 3.30. The van der Waals surface area contributed by atoms with Crippen LogP contribution < -0.4 is 10.1 Å². The van der Waals surface area contributed by atoms with Crippen LogP contribution in [0.5, 0.6) is 5.75 Å². The second-order valence-corrected chi connectivity index (χ2v) is 9.98. The topological polar surface area (TPSA) is 88.2 Å². The van der Waals surface area contributed by atoms with E-state index in [-0.39, 0.29) is 30.8 Å². The Morgan fingerprint density at radius 3 is 2.59 bits per heavy atom. The first-order chi connectivity index (χ1) is 19.1. The van der Waals surface area contributed by atoms with Crippen molar-refractivity contribution < 1.29 is 23.9 Å². The molecule has 3 aliphatic heterocycles. The number of carbonyl (C=O) groups excluding carboxylic acids is 3. The van der Waals surface area contributed by atoms with Gasteiger partial charge in [-0.2, -0.15) is 0 Å². The Kier molecular flexibility index (Phi) is 6.75. The normalized spacial score (nSPS) is 20.9. The van der Waals surface area contributed by atoms with Gasteiger partial charge in [-0.25, -0.2) is 0 Å². The Morgan fingerprint density at radius 1 is 1.03 bits per heavy atom. The highest BCUT2D eigenvalue weighted by molar-refractivity contribution is 6.05. The quantitative estimate of drug-likeness (QED) is 0.533. The minimum Gasteiger partial charge on any atom is -0.489 e. The molecule has 39 heavy (non-hydrogen) atoms. The Bertz CT molecular complexity index is 1410. The summed E-state index contributed by atoms with van der Waals surface area (Å²) in [5.41, 5.74) is 4.82. The van der Waals surface area contributed by atoms with Gasteiger partial charge >= 0.3 is 0 Å². The molecule has 3 heterocycles. The summed E-state index contributed by atoms with van der Waals surface area (Å²) < 4.78 is 11.4. The predicted molar refractivity (Wildman–Crippen MR) is 144 cm³/mol. The van der Waals surface area contributed by atoms with Crippen LogP contribution in [-0.2, 0) is 27.5 Å². The van der Waals surface area contributed by atoms with Crippen molar-refractivity contribution in [3.63, 3.8) is 0 Å². The maximum Gasteiger partial charge on any atom is 0.255 e. The zero-order chi connectivity index (χ0) is 26.8. The number of amides is 3. The van der Waals surface area contributed by atoms with Crippen molar-refractivity contribution in [2.24, 2.45) is 0 Å². The van der Waals surface area contributed by atoms with Crippen LogP contribution in [0.3, 0.4) is 0 Å². The van der Waals surface area contributed by atoms with E-state index >= 15 is 0 Å². The first-order valence-corrected chi connectivity index (χ1v) is 13.2. The number of fused-ring (bicyclic) bond motifs is 1. The number of nitrogens with one attached hydrogen (secondary N) is 1. The second kappa shape index (κ2) is 10.6. The number of ether oxygens (including phenoxy) is 2. The van der Waals surface area contributed by atoms with E-state index in [1.807, 2.05) is 18.5 Å². The molecule has 0 bridgehead atoms. The van der Waals surface area contributed by atoms with Gasteiger partial charge in [0, 0.05) is 29.9 Å². The highest BCUT2D eigenvalue weighted by Crippen LogP contribution is 2.36. The van der Waals surface area contributed by atoms with Crippen molar-refractivity contribution in [3.05, 3.63) is 113 Å². The van der Waals surface area contributed by atoms with Crippen molar-refractivity contribution >= 4 is 17.7 Å². The van der Waals surface area contributed by atoms with Crippen LogP contribution in [-0.4, -0.2) is 33.6 Å². The summed E-state index contributed by atoms with van der Waals surface area (Å²) in [5.74, 6) is -0.304. The van der Waals surface area contributed by atoms with Gasteiger partial charge in [0.15, 0.2) is 0 Å². The van der Waals surface area contributed by atoms with Crippen LogP contribution >= 0.6 is 0 Å². The van der Waals surface area contributed by atoms with Gasteiger partial charge < -0.3 is 19.3 Å². The number of hydrogen-bond donors (Lipinski definition) is 1. The fourth-order valence-corrected chi connectivity index (χ4v) is 5.55. The van der Waals surface area contributed by atoms with Gasteiger partial charge in [0.05, 0.1) is 12.6 Å². The second-order valence-electron chi connectivity index (χ2n) is 9.98. The maximum atomic E-state index is 13.1. The van der Waals surface area contributed by atoms with Gasteiger partial charge in [-0.1, -0.05) is 48.6 Å². The van der Waals surface area contributed by atoms with Crippen molar-refractivity contribution in [2.45, 2.75) is 50.9 Å². The molecule has 2 unspecified atom stereocenters. The number of rotatable bonds is 7. The number of hydrogen-bond acceptors (Lipinski definition) is 6. The third-order valence-corrected chi connectivity index (χ3v) is 7.55. The molecule has 0 aromatic heterocycles. The summed E-state index contributed by atoms with van der Waals surface area (Å²) in [6.45, 7) is 0.623. The number of allylic oxidation sites excluding steroid dienone is 3. The van der Waals surface area contributed by atoms with Crippen molar-refractivity contribution in [3.8, 4) is 5.75 Å². The predicted octanol–water partition coefficient (Wildman–Crippen LogP) is 4.62. The SMILES string of the molecule is O=C1CCC(N2Cc3c(OCc4ccc(C(C5=CC=CCC5)N5C=COC=C5)cc4)cccc3C2=O)C(=O)N1. The van der Waals surface area contributed by atoms with Gasteiger partial charge in [-0.15, -0.1) is 0 Å². The van der Waals surface area contributed by atoms with Gasteiger partial charge in [-0.05, 0) is 48.1 Å². The van der Waals surface area contributed by atoms with E-state index in [4.69, 9.17) is 9.47 Å². The van der Waals surface area contributed by atoms with Crippen molar-refractivity contribution in [1.82, 2.24) is 15.1 Å². The van der Waals surface area contributed by atoms with Crippen LogP contribution in [0.2, 0.25) is 0 Å². The summed E-state index contributed by atoms with van der Waals surface area (Å²) in [4.78, 5) is 40.7. The average molecular weight is 524 g/mol. The molecule has 1 fully saturated rings. The smallest absolute Gasteiger partial charge is 0.255 e. The fourth-order valence-electron chi connectivity index (χ4n) is 5.55. The molecule has 6 rings (SSSR count). The molecule has 2 aromatic carbocycles. The third-order valence-electron chi connectivity index (χ3n) is 7.55. The van der Waals surface area contributed by atoms with Crippen LogP contribution in [0.25, 0.3) is 0 Å². The molecule has 3 amide bonds. The van der Waals surface area contributed by atoms with Gasteiger partial charge in [0.2, 0.25) is 11.8 Å². The Labute approximate surface area is 226 Å². The number of piperidine rings is 1. The summed E-state index contributed by atoms with van der Waals surface area (Å²) >= 11 is 0. The Balaban J connectivity index is 1.17. The van der Waals surface area contributed by atoms with Crippen LogP contribution in [0.4, 0.5) is 0 Å². The molecule has 8 heteroatoms. The molecule has 0 saturated carbocycles. The molecule has 2 aromatic rings. The van der Waals surface area contributed by atoms with Crippen molar-refractivity contribution in [2.75, 3.05) is 0 Å². The fraction of sp³-hybridized carbons (Fsp3) is 0.258. The monoisotopic (exact) mass is 523 g/mol. The molecule has 4 aliphatic rings. The van der Waals surface area contributed by atoms with Crippen LogP contribution in [0.15, 0.2) is 91.2 Å². The highest BCUT2D eigenvalue weighted by Gasteiger charge is 2.40. The van der Waals surface area contributed by atoms with Gasteiger partial charge in [-0.3, -0.25) is 19.7 Å². The number of benzene rings is 2. The van der Waals surface area contributed by atoms with E-state index in [2.05, 4.69) is 52.7 Å². The minimum absolute atomic E-state index is 0.0722. The molecule has 8 nitrogen and oxygen atoms in total. The lowest BCUT2D eigenvalue weighted by atomic mass is 9.91. The van der Waals surface area contributed by atoms with Crippen molar-refractivity contribution in [1.29, 1.82) is 0 Å². The lowest BCUT2D eigenvalue weighted by Crippen LogP contribution is -2.52. The molecule has 2 atom stereocenters. The Hall–Kier alpha value is -4.59. The Morgan fingerprint density at radius 2 is 1.85 bits per heavy atom. The molecule has 0 spiro atoms. The summed E-state index contributed by atoms with van der Waals surface area (Å²) in [5, 5.41) is 2.34. The molecular formula is C31H29N3O5. The van der Waals surface area contributed by atoms with E-state index < -0.39 is 11.9 Å². The van der Waals surface area contributed by atoms with E-state index in [0.717, 1.165) is 24.0 Å². The van der Waals surface area contributed by atoms with Crippen LogP contribution in [0.1, 0.15) is 58.8 Å². The third kappa shape index (κ3) is 4.97. The first-order valence-electron chi connectivity index (χ1n) is 13.2. The minimum atomic E-state index is -0.651. The van der Waals surface area contributed by atoms with E-state index in [9.17, 15) is 14.4 Å². The zero-order valence-electron chi connectivity index (χ0n) is 21.4. The summed E-state index contributed by atoms with van der Waals surface area (Å²) in [6.07, 6.45) is 16.3. The maximum absolute atomic E-state index is 13.1. The van der Waals surface area contributed by atoms with E-state index in [0.29, 0.717) is 24.3 Å². The number of carbonyl (C=O) groups is 3. The van der Waals surface area contributed by atoms with E-state index in [1.165, 1.54) is 16.0 Å². The molecule has 1 aliphatic carbocycles. The van der Waals surface area contributed by atoms with Crippen LogP contribution in [0, 0.1) is 0 Å². The summed E-state index contributed by atoms with van der Waals surface area (Å²) in [6, 6.07) is 13.2. The number of imide groups is 1. The van der Waals surface area contributed by atoms with Gasteiger partial charge in [0.25, 0.3) is 5.91 Å².